The highest BCUT2D eigenvalue weighted by Crippen LogP contribution is 2.70. The van der Waals surface area contributed by atoms with E-state index in [9.17, 15) is 9.90 Å². The van der Waals surface area contributed by atoms with Crippen LogP contribution in [0.3, 0.4) is 0 Å². The number of aliphatic hydroxyl groups is 1. The Balaban J connectivity index is 1.50. The van der Waals surface area contributed by atoms with E-state index in [-0.39, 0.29) is 11.0 Å². The molecule has 0 saturated heterocycles. The third-order valence-corrected chi connectivity index (χ3v) is 9.90. The van der Waals surface area contributed by atoms with E-state index in [1.165, 1.54) is 51.0 Å². The van der Waals surface area contributed by atoms with Gasteiger partial charge in [-0.05, 0) is 92.1 Å². The van der Waals surface area contributed by atoms with E-state index in [1.807, 2.05) is 6.07 Å². The average molecular weight is 371 g/mol. The fourth-order valence-corrected chi connectivity index (χ4v) is 8.36. The summed E-state index contributed by atoms with van der Waals surface area (Å²) in [5, 5.41) is 12.2. The Morgan fingerprint density at radius 3 is 2.59 bits per heavy atom. The molecule has 0 aromatic carbocycles. The molecular weight excluding hydrogens is 336 g/mol. The SMILES string of the molecule is C[C@]12CCCC[C@@H]1CC[C@@H]1[C@@H]2CC[C@]2(C)[C@H](c3ccc(=O)oc3)CC[C@]12O. The molecule has 0 unspecified atom stereocenters. The summed E-state index contributed by atoms with van der Waals surface area (Å²) in [5.74, 6) is 2.30. The topological polar surface area (TPSA) is 50.4 Å². The highest BCUT2D eigenvalue weighted by molar-refractivity contribution is 5.26. The van der Waals surface area contributed by atoms with Crippen molar-refractivity contribution < 1.29 is 9.52 Å². The van der Waals surface area contributed by atoms with E-state index in [2.05, 4.69) is 13.8 Å². The molecule has 4 saturated carbocycles. The lowest BCUT2D eigenvalue weighted by Crippen LogP contribution is -2.61. The van der Waals surface area contributed by atoms with Crippen LogP contribution in [0.1, 0.15) is 89.5 Å². The summed E-state index contributed by atoms with van der Waals surface area (Å²) in [5.41, 5.74) is 0.581. The maximum Gasteiger partial charge on any atom is 0.335 e. The molecule has 4 aliphatic rings. The van der Waals surface area contributed by atoms with Gasteiger partial charge in [0.15, 0.2) is 0 Å². The predicted molar refractivity (Wildman–Crippen MR) is 106 cm³/mol. The van der Waals surface area contributed by atoms with E-state index in [4.69, 9.17) is 4.42 Å². The van der Waals surface area contributed by atoms with Crippen LogP contribution < -0.4 is 5.63 Å². The van der Waals surface area contributed by atoms with Crippen LogP contribution in [-0.2, 0) is 0 Å². The van der Waals surface area contributed by atoms with Crippen LogP contribution in [-0.4, -0.2) is 10.7 Å². The largest absolute Gasteiger partial charge is 0.431 e. The maximum absolute atomic E-state index is 12.2. The molecule has 3 nitrogen and oxygen atoms in total. The number of hydrogen-bond donors (Lipinski definition) is 1. The Morgan fingerprint density at radius 1 is 0.963 bits per heavy atom. The zero-order chi connectivity index (χ0) is 18.9. The first kappa shape index (κ1) is 18.0. The molecule has 4 fully saturated rings. The van der Waals surface area contributed by atoms with Crippen LogP contribution in [0.4, 0.5) is 0 Å². The van der Waals surface area contributed by atoms with Crippen molar-refractivity contribution in [3.05, 3.63) is 34.4 Å². The second-order valence-corrected chi connectivity index (χ2v) is 10.6. The standard InChI is InChI=1S/C24H34O3/c1-22-12-4-3-5-17(22)7-8-20-19(22)10-13-23(2)18(11-14-24(20,23)26)16-6-9-21(25)27-15-16/h6,9,15,17-20,26H,3-5,7-8,10-14H2,1-2H3/t17-,18+,19+,20-,22+,23-,24+/m1/s1. The van der Waals surface area contributed by atoms with Crippen LogP contribution in [0.25, 0.3) is 0 Å². The van der Waals surface area contributed by atoms with Crippen molar-refractivity contribution in [3.63, 3.8) is 0 Å². The first-order chi connectivity index (χ1) is 12.9. The van der Waals surface area contributed by atoms with Gasteiger partial charge >= 0.3 is 5.63 Å². The van der Waals surface area contributed by atoms with Crippen molar-refractivity contribution in [3.8, 4) is 0 Å². The van der Waals surface area contributed by atoms with Crippen molar-refractivity contribution >= 4 is 0 Å². The van der Waals surface area contributed by atoms with E-state index in [0.717, 1.165) is 30.7 Å². The van der Waals surface area contributed by atoms with Gasteiger partial charge in [0.05, 0.1) is 11.9 Å². The van der Waals surface area contributed by atoms with Gasteiger partial charge in [0, 0.05) is 11.5 Å². The van der Waals surface area contributed by atoms with Gasteiger partial charge in [-0.1, -0.05) is 26.7 Å². The van der Waals surface area contributed by atoms with Crippen LogP contribution in [0, 0.1) is 28.6 Å². The molecule has 1 aromatic heterocycles. The third-order valence-electron chi connectivity index (χ3n) is 9.90. The molecule has 5 rings (SSSR count). The lowest BCUT2D eigenvalue weighted by Gasteiger charge is -2.63. The fourth-order valence-electron chi connectivity index (χ4n) is 8.36. The van der Waals surface area contributed by atoms with Gasteiger partial charge in [-0.3, -0.25) is 0 Å². The Labute approximate surface area is 162 Å². The second kappa shape index (κ2) is 5.95. The lowest BCUT2D eigenvalue weighted by molar-refractivity contribution is -0.200. The fraction of sp³-hybridized carbons (Fsp3) is 0.792. The zero-order valence-corrected chi connectivity index (χ0v) is 16.9. The molecule has 0 spiro atoms. The first-order valence-corrected chi connectivity index (χ1v) is 11.2. The summed E-state index contributed by atoms with van der Waals surface area (Å²) >= 11 is 0. The molecule has 0 amide bonds. The van der Waals surface area contributed by atoms with Gasteiger partial charge in [-0.2, -0.15) is 0 Å². The zero-order valence-electron chi connectivity index (χ0n) is 16.9. The third kappa shape index (κ3) is 2.33. The van der Waals surface area contributed by atoms with E-state index < -0.39 is 5.60 Å². The van der Waals surface area contributed by atoms with Gasteiger partial charge in [0.25, 0.3) is 0 Å². The van der Waals surface area contributed by atoms with Gasteiger partial charge in [-0.15, -0.1) is 0 Å². The van der Waals surface area contributed by atoms with Gasteiger partial charge in [0.1, 0.15) is 0 Å². The number of fused-ring (bicyclic) bond motifs is 5. The summed E-state index contributed by atoms with van der Waals surface area (Å²) < 4.78 is 5.18. The summed E-state index contributed by atoms with van der Waals surface area (Å²) in [4.78, 5) is 11.4. The normalized spacial score (nSPS) is 49.1. The van der Waals surface area contributed by atoms with E-state index in [1.54, 1.807) is 6.26 Å². The molecule has 0 radical (unpaired) electrons. The molecule has 0 aliphatic heterocycles. The molecule has 4 aliphatic carbocycles. The average Bonchev–Trinajstić information content (AvgIpc) is 2.94. The summed E-state index contributed by atoms with van der Waals surface area (Å²) in [6.45, 7) is 4.87. The van der Waals surface area contributed by atoms with Crippen LogP contribution in [0.2, 0.25) is 0 Å². The predicted octanol–water partition coefficient (Wildman–Crippen LogP) is 5.27. The Hall–Kier alpha value is -1.09. The first-order valence-electron chi connectivity index (χ1n) is 11.2. The molecular formula is C24H34O3. The molecule has 0 bridgehead atoms. The van der Waals surface area contributed by atoms with Gasteiger partial charge in [-0.25, -0.2) is 4.79 Å². The Morgan fingerprint density at radius 2 is 1.81 bits per heavy atom. The van der Waals surface area contributed by atoms with Gasteiger partial charge in [0.2, 0.25) is 0 Å². The van der Waals surface area contributed by atoms with Crippen LogP contribution in [0.15, 0.2) is 27.6 Å². The summed E-state index contributed by atoms with van der Waals surface area (Å²) in [7, 11) is 0. The smallest absolute Gasteiger partial charge is 0.335 e. The Kier molecular flexibility index (Phi) is 3.96. The Bertz CT molecular complexity index is 764. The van der Waals surface area contributed by atoms with Crippen molar-refractivity contribution in [2.45, 2.75) is 89.6 Å². The quantitative estimate of drug-likeness (QED) is 0.732. The second-order valence-electron chi connectivity index (χ2n) is 10.6. The highest BCUT2D eigenvalue weighted by Gasteiger charge is 2.67. The molecule has 148 valence electrons. The van der Waals surface area contributed by atoms with Crippen molar-refractivity contribution in [1.82, 2.24) is 0 Å². The van der Waals surface area contributed by atoms with Crippen molar-refractivity contribution in [1.29, 1.82) is 0 Å². The minimum absolute atomic E-state index is 0.105. The maximum atomic E-state index is 12.2. The molecule has 3 heteroatoms. The summed E-state index contributed by atoms with van der Waals surface area (Å²) in [6.07, 6.45) is 13.9. The highest BCUT2D eigenvalue weighted by atomic mass is 16.4. The summed E-state index contributed by atoms with van der Waals surface area (Å²) in [6, 6.07) is 3.47. The van der Waals surface area contributed by atoms with E-state index >= 15 is 0 Å². The lowest BCUT2D eigenvalue weighted by atomic mass is 9.43. The molecule has 27 heavy (non-hydrogen) atoms. The monoisotopic (exact) mass is 370 g/mol. The number of hydrogen-bond acceptors (Lipinski definition) is 3. The van der Waals surface area contributed by atoms with Crippen molar-refractivity contribution in [2.75, 3.05) is 0 Å². The van der Waals surface area contributed by atoms with Gasteiger partial charge < -0.3 is 9.52 Å². The van der Waals surface area contributed by atoms with Crippen LogP contribution >= 0.6 is 0 Å². The molecule has 1 N–H and O–H groups in total. The number of rotatable bonds is 1. The van der Waals surface area contributed by atoms with Crippen molar-refractivity contribution in [2.24, 2.45) is 28.6 Å². The molecule has 7 atom stereocenters. The van der Waals surface area contributed by atoms with E-state index in [0.29, 0.717) is 23.2 Å². The molecule has 1 heterocycles. The van der Waals surface area contributed by atoms with Crippen LogP contribution in [0.5, 0.6) is 0 Å². The minimum atomic E-state index is -0.567. The minimum Gasteiger partial charge on any atom is -0.431 e. The molecule has 1 aromatic rings.